The molecule has 4 aromatic rings. The molecule has 0 radical (unpaired) electrons. The minimum atomic E-state index is -3.41. The Labute approximate surface area is 163 Å². The Hall–Kier alpha value is -2.58. The Morgan fingerprint density at radius 1 is 0.964 bits per heavy atom. The number of nitrogens with zero attached hydrogens (tertiary/aromatic N) is 2. The van der Waals surface area contributed by atoms with Gasteiger partial charge >= 0.3 is 0 Å². The van der Waals surface area contributed by atoms with Crippen LogP contribution >= 0.6 is 11.6 Å². The van der Waals surface area contributed by atoms with Gasteiger partial charge in [-0.15, -0.1) is 0 Å². The molecule has 0 amide bonds. The van der Waals surface area contributed by atoms with Crippen LogP contribution in [0.15, 0.2) is 53.4 Å². The van der Waals surface area contributed by atoms with E-state index in [0.29, 0.717) is 22.0 Å². The Morgan fingerprint density at radius 2 is 1.57 bits per heavy atom. The van der Waals surface area contributed by atoms with Crippen LogP contribution in [0.5, 0.6) is 0 Å². The summed E-state index contributed by atoms with van der Waals surface area (Å²) >= 11 is 6.05. The van der Waals surface area contributed by atoms with E-state index in [9.17, 15) is 21.6 Å². The van der Waals surface area contributed by atoms with Crippen LogP contribution in [-0.2, 0) is 9.84 Å². The van der Waals surface area contributed by atoms with Crippen molar-refractivity contribution in [2.45, 2.75) is 11.3 Å². The van der Waals surface area contributed by atoms with Crippen LogP contribution in [0, 0.1) is 5.82 Å². The molecule has 1 aromatic heterocycles. The maximum atomic E-state index is 13.8. The van der Waals surface area contributed by atoms with Crippen LogP contribution in [-0.4, -0.2) is 24.5 Å². The van der Waals surface area contributed by atoms with Gasteiger partial charge in [0.05, 0.1) is 21.1 Å². The molecule has 0 saturated heterocycles. The number of benzene rings is 3. The summed E-state index contributed by atoms with van der Waals surface area (Å²) < 4.78 is 65.5. The van der Waals surface area contributed by atoms with Crippen LogP contribution in [0.4, 0.5) is 13.2 Å². The van der Waals surface area contributed by atoms with Gasteiger partial charge in [0, 0.05) is 22.4 Å². The normalized spacial score (nSPS) is 12.4. The van der Waals surface area contributed by atoms with Gasteiger partial charge in [0.25, 0.3) is 6.43 Å². The van der Waals surface area contributed by atoms with Gasteiger partial charge in [-0.1, -0.05) is 17.7 Å². The Kier molecular flexibility index (Phi) is 4.35. The fourth-order valence-corrected chi connectivity index (χ4v) is 4.01. The van der Waals surface area contributed by atoms with Crippen molar-refractivity contribution >= 4 is 43.1 Å². The third kappa shape index (κ3) is 2.93. The standard InChI is InChI=1S/C19H12ClF3N2O2S/c1-28(26,27)11-4-2-10(3-5-11)25-18-13-8-9-15(21)16(20)12(13)6-7-14(18)17(24-25)19(22)23/h2-9,19H,1H3. The summed E-state index contributed by atoms with van der Waals surface area (Å²) in [5, 5.41) is 4.95. The molecule has 0 atom stereocenters. The van der Waals surface area contributed by atoms with Crippen LogP contribution < -0.4 is 0 Å². The number of halogens is 4. The van der Waals surface area contributed by atoms with Gasteiger partial charge in [0.1, 0.15) is 11.5 Å². The zero-order valence-corrected chi connectivity index (χ0v) is 15.9. The van der Waals surface area contributed by atoms with E-state index >= 15 is 0 Å². The monoisotopic (exact) mass is 424 g/mol. The molecule has 0 fully saturated rings. The number of rotatable bonds is 3. The second kappa shape index (κ2) is 6.49. The molecule has 0 bridgehead atoms. The number of hydrogen-bond acceptors (Lipinski definition) is 3. The molecular formula is C19H12ClF3N2O2S. The average molecular weight is 425 g/mol. The molecule has 9 heteroatoms. The van der Waals surface area contributed by atoms with E-state index in [1.807, 2.05) is 0 Å². The number of alkyl halides is 2. The highest BCUT2D eigenvalue weighted by atomic mass is 35.5. The van der Waals surface area contributed by atoms with Gasteiger partial charge < -0.3 is 0 Å². The molecule has 1 heterocycles. The third-order valence-electron chi connectivity index (χ3n) is 4.47. The SMILES string of the molecule is CS(=O)(=O)c1ccc(-n2nc(C(F)F)c3ccc4c(Cl)c(F)ccc4c32)cc1. The highest BCUT2D eigenvalue weighted by molar-refractivity contribution is 7.90. The average Bonchev–Trinajstić information content (AvgIpc) is 3.04. The van der Waals surface area contributed by atoms with Crippen LogP contribution in [0.1, 0.15) is 12.1 Å². The minimum Gasteiger partial charge on any atom is -0.232 e. The van der Waals surface area contributed by atoms with Crippen molar-refractivity contribution in [3.05, 3.63) is 65.1 Å². The minimum absolute atomic E-state index is 0.0942. The van der Waals surface area contributed by atoms with E-state index < -0.39 is 27.8 Å². The summed E-state index contributed by atoms with van der Waals surface area (Å²) in [5.74, 6) is -0.619. The summed E-state index contributed by atoms with van der Waals surface area (Å²) in [4.78, 5) is 0.0942. The summed E-state index contributed by atoms with van der Waals surface area (Å²) in [6.45, 7) is 0. The molecule has 0 saturated carbocycles. The molecule has 0 N–H and O–H groups in total. The van der Waals surface area contributed by atoms with Gasteiger partial charge in [-0.25, -0.2) is 26.3 Å². The molecule has 4 nitrogen and oxygen atoms in total. The molecule has 28 heavy (non-hydrogen) atoms. The van der Waals surface area contributed by atoms with E-state index in [4.69, 9.17) is 11.6 Å². The van der Waals surface area contributed by atoms with Gasteiger partial charge in [-0.3, -0.25) is 0 Å². The van der Waals surface area contributed by atoms with Gasteiger partial charge in [-0.2, -0.15) is 5.10 Å². The number of sulfone groups is 1. The molecule has 0 aliphatic rings. The quantitative estimate of drug-likeness (QED) is 0.447. The van der Waals surface area contributed by atoms with E-state index in [1.54, 1.807) is 0 Å². The number of aromatic nitrogens is 2. The summed E-state index contributed by atoms with van der Waals surface area (Å²) in [6.07, 6.45) is -1.75. The number of fused-ring (bicyclic) bond motifs is 3. The van der Waals surface area contributed by atoms with Gasteiger partial charge in [0.2, 0.25) is 0 Å². The van der Waals surface area contributed by atoms with E-state index in [2.05, 4.69) is 5.10 Å². The highest BCUT2D eigenvalue weighted by Crippen LogP contribution is 2.37. The maximum Gasteiger partial charge on any atom is 0.282 e. The smallest absolute Gasteiger partial charge is 0.232 e. The first-order valence-corrected chi connectivity index (χ1v) is 10.3. The summed E-state index contributed by atoms with van der Waals surface area (Å²) in [6, 6.07) is 11.2. The fourth-order valence-electron chi connectivity index (χ4n) is 3.16. The first-order valence-electron chi connectivity index (χ1n) is 8.06. The topological polar surface area (TPSA) is 52.0 Å². The van der Waals surface area contributed by atoms with Crippen molar-refractivity contribution in [3.8, 4) is 5.69 Å². The molecule has 4 rings (SSSR count). The summed E-state index contributed by atoms with van der Waals surface area (Å²) in [7, 11) is -3.41. The zero-order chi connectivity index (χ0) is 20.2. The first-order chi connectivity index (χ1) is 13.2. The predicted molar refractivity (Wildman–Crippen MR) is 102 cm³/mol. The van der Waals surface area contributed by atoms with Crippen LogP contribution in [0.2, 0.25) is 5.02 Å². The second-order valence-corrected chi connectivity index (χ2v) is 8.68. The van der Waals surface area contributed by atoms with Crippen molar-refractivity contribution in [3.63, 3.8) is 0 Å². The maximum absolute atomic E-state index is 13.8. The lowest BCUT2D eigenvalue weighted by Crippen LogP contribution is -2.01. The van der Waals surface area contributed by atoms with E-state index in [-0.39, 0.29) is 15.3 Å². The highest BCUT2D eigenvalue weighted by Gasteiger charge is 2.22. The van der Waals surface area contributed by atoms with E-state index in [0.717, 1.165) is 12.3 Å². The molecule has 144 valence electrons. The van der Waals surface area contributed by atoms with Gasteiger partial charge in [0.15, 0.2) is 9.84 Å². The van der Waals surface area contributed by atoms with Crippen molar-refractivity contribution in [2.75, 3.05) is 6.26 Å². The fraction of sp³-hybridized carbons (Fsp3) is 0.105. The molecule has 0 aliphatic heterocycles. The largest absolute Gasteiger partial charge is 0.282 e. The lowest BCUT2D eigenvalue weighted by atomic mass is 10.1. The van der Waals surface area contributed by atoms with Crippen molar-refractivity contribution in [2.24, 2.45) is 0 Å². The molecular weight excluding hydrogens is 413 g/mol. The lowest BCUT2D eigenvalue weighted by molar-refractivity contribution is 0.147. The second-order valence-electron chi connectivity index (χ2n) is 6.28. The molecule has 0 aliphatic carbocycles. The van der Waals surface area contributed by atoms with Crippen LogP contribution in [0.25, 0.3) is 27.4 Å². The van der Waals surface area contributed by atoms with E-state index in [1.165, 1.54) is 47.1 Å². The van der Waals surface area contributed by atoms with Crippen molar-refractivity contribution in [1.29, 1.82) is 0 Å². The number of hydrogen-bond donors (Lipinski definition) is 0. The lowest BCUT2D eigenvalue weighted by Gasteiger charge is -2.08. The van der Waals surface area contributed by atoms with Crippen molar-refractivity contribution in [1.82, 2.24) is 9.78 Å². The molecule has 0 unspecified atom stereocenters. The first kappa shape index (κ1) is 18.8. The zero-order valence-electron chi connectivity index (χ0n) is 14.3. The Morgan fingerprint density at radius 3 is 2.18 bits per heavy atom. The molecule has 0 spiro atoms. The molecule has 3 aromatic carbocycles. The van der Waals surface area contributed by atoms with Crippen LogP contribution in [0.3, 0.4) is 0 Å². The Bertz CT molecular complexity index is 1330. The third-order valence-corrected chi connectivity index (χ3v) is 5.98. The van der Waals surface area contributed by atoms with Crippen molar-refractivity contribution < 1.29 is 21.6 Å². The predicted octanol–water partition coefficient (Wildman–Crippen LogP) is 5.31. The summed E-state index contributed by atoms with van der Waals surface area (Å²) in [5.41, 5.74) is 0.295. The Balaban J connectivity index is 2.07. The van der Waals surface area contributed by atoms with Gasteiger partial charge in [-0.05, 0) is 42.5 Å².